The number of hydrogen-bond donors (Lipinski definition) is 2. The average molecular weight is 536 g/mol. The van der Waals surface area contributed by atoms with Gasteiger partial charge in [-0.3, -0.25) is 4.79 Å². The molecule has 0 aliphatic carbocycles. The number of carbonyl (C=O) groups is 1. The van der Waals surface area contributed by atoms with Gasteiger partial charge in [-0.15, -0.1) is 24.0 Å². The van der Waals surface area contributed by atoms with E-state index in [0.29, 0.717) is 19.1 Å². The predicted molar refractivity (Wildman–Crippen MR) is 135 cm³/mol. The van der Waals surface area contributed by atoms with E-state index in [1.165, 1.54) is 5.56 Å². The number of nitrogens with one attached hydrogen (secondary N) is 2. The van der Waals surface area contributed by atoms with Gasteiger partial charge < -0.3 is 20.3 Å². The second-order valence-corrected chi connectivity index (χ2v) is 7.53. The van der Waals surface area contributed by atoms with Gasteiger partial charge >= 0.3 is 0 Å². The van der Waals surface area contributed by atoms with Gasteiger partial charge in [0.15, 0.2) is 5.96 Å². The van der Waals surface area contributed by atoms with Gasteiger partial charge in [-0.2, -0.15) is 0 Å². The lowest BCUT2D eigenvalue weighted by Gasteiger charge is -2.21. The topological polar surface area (TPSA) is 66.0 Å². The number of benzene rings is 2. The molecule has 0 aromatic heterocycles. The highest BCUT2D eigenvalue weighted by Gasteiger charge is 2.25. The monoisotopic (exact) mass is 536 g/mol. The highest BCUT2D eigenvalue weighted by molar-refractivity contribution is 14.0. The van der Waals surface area contributed by atoms with Crippen LogP contribution < -0.4 is 10.6 Å². The van der Waals surface area contributed by atoms with Gasteiger partial charge in [0.25, 0.3) is 0 Å². The van der Waals surface area contributed by atoms with Gasteiger partial charge in [0, 0.05) is 32.1 Å². The van der Waals surface area contributed by atoms with E-state index in [1.807, 2.05) is 55.5 Å². The second-order valence-electron chi connectivity index (χ2n) is 7.53. The molecule has 1 heterocycles. The third kappa shape index (κ3) is 8.86. The number of aliphatic imine (C=N–C) groups is 1. The van der Waals surface area contributed by atoms with E-state index in [0.717, 1.165) is 44.2 Å². The number of nitrogens with zero attached hydrogens (tertiary/aromatic N) is 2. The molecule has 1 atom stereocenters. The maximum atomic E-state index is 12.2. The normalized spacial score (nSPS) is 16.0. The molecular formula is C24H33IN4O2. The minimum Gasteiger partial charge on any atom is -0.376 e. The van der Waals surface area contributed by atoms with Crippen molar-refractivity contribution < 1.29 is 9.53 Å². The maximum Gasteiger partial charge on any atom is 0.242 e. The second kappa shape index (κ2) is 14.0. The summed E-state index contributed by atoms with van der Waals surface area (Å²) in [6.07, 6.45) is 1.07. The van der Waals surface area contributed by atoms with Gasteiger partial charge in [0.05, 0.1) is 13.2 Å². The lowest BCUT2D eigenvalue weighted by Crippen LogP contribution is -2.41. The van der Waals surface area contributed by atoms with Crippen molar-refractivity contribution in [2.45, 2.75) is 26.5 Å². The highest BCUT2D eigenvalue weighted by Crippen LogP contribution is 2.17. The van der Waals surface area contributed by atoms with Crippen LogP contribution in [0, 0.1) is 5.92 Å². The van der Waals surface area contributed by atoms with Crippen LogP contribution in [-0.2, 0) is 22.7 Å². The summed E-state index contributed by atoms with van der Waals surface area (Å²) < 4.78 is 5.91. The molecule has 3 rings (SSSR count). The summed E-state index contributed by atoms with van der Waals surface area (Å²) in [6.45, 7) is 6.67. The fourth-order valence-electron chi connectivity index (χ4n) is 3.50. The molecule has 31 heavy (non-hydrogen) atoms. The number of rotatable bonds is 9. The quantitative estimate of drug-likeness (QED) is 0.293. The molecular weight excluding hydrogens is 503 g/mol. The largest absolute Gasteiger partial charge is 0.376 e. The van der Waals surface area contributed by atoms with Crippen molar-refractivity contribution in [3.05, 3.63) is 71.8 Å². The third-order valence-electron chi connectivity index (χ3n) is 5.09. The molecule has 168 valence electrons. The first-order chi connectivity index (χ1) is 14.7. The standard InChI is InChI=1S/C24H32N4O2.HI/c1-2-25-24(27-16-23(29)26-15-20-9-5-3-6-10-20)28-14-13-22(17-28)19-30-18-21-11-7-4-8-12-21;/h3-12,22H,2,13-19H2,1H3,(H,25,27)(H,26,29);1H. The van der Waals surface area contributed by atoms with Crippen LogP contribution >= 0.6 is 24.0 Å². The highest BCUT2D eigenvalue weighted by atomic mass is 127. The number of hydrogen-bond acceptors (Lipinski definition) is 3. The Hall–Kier alpha value is -2.13. The Morgan fingerprint density at radius 3 is 2.42 bits per heavy atom. The molecule has 1 unspecified atom stereocenters. The van der Waals surface area contributed by atoms with Gasteiger partial charge in [-0.05, 0) is 24.5 Å². The molecule has 2 N–H and O–H groups in total. The number of ether oxygens (including phenoxy) is 1. The fourth-order valence-corrected chi connectivity index (χ4v) is 3.50. The Kier molecular flexibility index (Phi) is 11.4. The van der Waals surface area contributed by atoms with E-state index in [4.69, 9.17) is 4.74 Å². The van der Waals surface area contributed by atoms with Crippen LogP contribution in [0.25, 0.3) is 0 Å². The first-order valence-electron chi connectivity index (χ1n) is 10.7. The Bertz CT molecular complexity index is 802. The van der Waals surface area contributed by atoms with Crippen LogP contribution in [-0.4, -0.2) is 49.6 Å². The smallest absolute Gasteiger partial charge is 0.242 e. The number of amides is 1. The summed E-state index contributed by atoms with van der Waals surface area (Å²) in [7, 11) is 0. The van der Waals surface area contributed by atoms with Crippen molar-refractivity contribution in [1.82, 2.24) is 15.5 Å². The number of likely N-dealkylation sites (tertiary alicyclic amines) is 1. The van der Waals surface area contributed by atoms with Crippen molar-refractivity contribution in [3.8, 4) is 0 Å². The van der Waals surface area contributed by atoms with Gasteiger partial charge in [-0.25, -0.2) is 4.99 Å². The van der Waals surface area contributed by atoms with Crippen molar-refractivity contribution in [3.63, 3.8) is 0 Å². The van der Waals surface area contributed by atoms with Crippen LogP contribution in [0.2, 0.25) is 0 Å². The predicted octanol–water partition coefficient (Wildman–Crippen LogP) is 3.43. The molecule has 0 radical (unpaired) electrons. The molecule has 1 saturated heterocycles. The summed E-state index contributed by atoms with van der Waals surface area (Å²) in [5.41, 5.74) is 2.28. The molecule has 7 heteroatoms. The number of carbonyl (C=O) groups excluding carboxylic acids is 1. The summed E-state index contributed by atoms with van der Waals surface area (Å²) >= 11 is 0. The molecule has 1 fully saturated rings. The zero-order chi connectivity index (χ0) is 21.0. The van der Waals surface area contributed by atoms with Crippen LogP contribution in [0.4, 0.5) is 0 Å². The van der Waals surface area contributed by atoms with Gasteiger partial charge in [0.1, 0.15) is 6.54 Å². The molecule has 1 aliphatic rings. The zero-order valence-corrected chi connectivity index (χ0v) is 20.5. The Balaban J connectivity index is 0.00000341. The van der Waals surface area contributed by atoms with Crippen LogP contribution in [0.3, 0.4) is 0 Å². The zero-order valence-electron chi connectivity index (χ0n) is 18.1. The Morgan fingerprint density at radius 1 is 1.06 bits per heavy atom. The summed E-state index contributed by atoms with van der Waals surface area (Å²) in [6, 6.07) is 20.1. The molecule has 0 spiro atoms. The van der Waals surface area contributed by atoms with Crippen molar-refractivity contribution in [1.29, 1.82) is 0 Å². The number of halogens is 1. The van der Waals surface area contributed by atoms with Crippen molar-refractivity contribution >= 4 is 35.8 Å². The molecule has 1 aliphatic heterocycles. The molecule has 0 bridgehead atoms. The Morgan fingerprint density at radius 2 is 1.74 bits per heavy atom. The van der Waals surface area contributed by atoms with E-state index in [2.05, 4.69) is 32.7 Å². The van der Waals surface area contributed by atoms with E-state index in [1.54, 1.807) is 0 Å². The van der Waals surface area contributed by atoms with Crippen molar-refractivity contribution in [2.24, 2.45) is 10.9 Å². The van der Waals surface area contributed by atoms with E-state index < -0.39 is 0 Å². The van der Waals surface area contributed by atoms with Crippen LogP contribution in [0.15, 0.2) is 65.7 Å². The van der Waals surface area contributed by atoms with Gasteiger partial charge in [-0.1, -0.05) is 60.7 Å². The first-order valence-corrected chi connectivity index (χ1v) is 10.7. The summed E-state index contributed by atoms with van der Waals surface area (Å²) in [5.74, 6) is 1.21. The minimum absolute atomic E-state index is 0. The van der Waals surface area contributed by atoms with E-state index in [-0.39, 0.29) is 36.4 Å². The van der Waals surface area contributed by atoms with Crippen LogP contribution in [0.5, 0.6) is 0 Å². The molecule has 0 saturated carbocycles. The molecule has 6 nitrogen and oxygen atoms in total. The maximum absolute atomic E-state index is 12.2. The fraction of sp³-hybridized carbons (Fsp3) is 0.417. The van der Waals surface area contributed by atoms with E-state index >= 15 is 0 Å². The van der Waals surface area contributed by atoms with E-state index in [9.17, 15) is 4.79 Å². The summed E-state index contributed by atoms with van der Waals surface area (Å²) in [4.78, 5) is 19.0. The van der Waals surface area contributed by atoms with Crippen LogP contribution in [0.1, 0.15) is 24.5 Å². The lowest BCUT2D eigenvalue weighted by atomic mass is 10.1. The Labute approximate surface area is 202 Å². The lowest BCUT2D eigenvalue weighted by molar-refractivity contribution is -0.119. The van der Waals surface area contributed by atoms with Crippen molar-refractivity contribution in [2.75, 3.05) is 32.8 Å². The molecule has 1 amide bonds. The first kappa shape index (κ1) is 25.1. The SMILES string of the molecule is CCNC(=NCC(=O)NCc1ccccc1)N1CCC(COCc2ccccc2)C1.I. The third-order valence-corrected chi connectivity index (χ3v) is 5.09. The van der Waals surface area contributed by atoms with Gasteiger partial charge in [0.2, 0.25) is 5.91 Å². The average Bonchev–Trinajstić information content (AvgIpc) is 3.25. The molecule has 2 aromatic rings. The number of guanidine groups is 1. The molecule has 2 aromatic carbocycles. The summed E-state index contributed by atoms with van der Waals surface area (Å²) in [5, 5.41) is 6.24. The minimum atomic E-state index is -0.0730.